The van der Waals surface area contributed by atoms with Gasteiger partial charge in [0.1, 0.15) is 29.2 Å². The number of methoxy groups -OCH3 is 1. The van der Waals surface area contributed by atoms with Gasteiger partial charge in [0.25, 0.3) is 5.91 Å². The topological polar surface area (TPSA) is 93.3 Å². The second kappa shape index (κ2) is 5.96. The van der Waals surface area contributed by atoms with Crippen molar-refractivity contribution in [2.24, 2.45) is 7.05 Å². The Labute approximate surface area is 132 Å². The molecule has 1 fully saturated rings. The van der Waals surface area contributed by atoms with Crippen molar-refractivity contribution in [3.05, 3.63) is 35.8 Å². The summed E-state index contributed by atoms with van der Waals surface area (Å²) in [6.45, 7) is 0.947. The maximum absolute atomic E-state index is 12.4. The molecule has 0 aromatic carbocycles. The molecule has 8 heteroatoms. The predicted octanol–water partition coefficient (Wildman–Crippen LogP) is 0.599. The molecular formula is C15H15N5O3. The summed E-state index contributed by atoms with van der Waals surface area (Å²) in [5.41, 5.74) is 0.735. The third-order valence-electron chi connectivity index (χ3n) is 3.50. The summed E-state index contributed by atoms with van der Waals surface area (Å²) < 4.78 is 12.4. The first kappa shape index (κ1) is 14.8. The van der Waals surface area contributed by atoms with Crippen molar-refractivity contribution in [3.8, 4) is 17.7 Å². The normalized spacial score (nSPS) is 14.0. The van der Waals surface area contributed by atoms with Crippen LogP contribution in [0.3, 0.4) is 0 Å². The molecule has 3 heterocycles. The molecule has 2 aromatic rings. The molecule has 0 N–H and O–H groups in total. The highest BCUT2D eigenvalue weighted by Gasteiger charge is 2.34. The van der Waals surface area contributed by atoms with Gasteiger partial charge in [-0.3, -0.25) is 9.48 Å². The maximum Gasteiger partial charge on any atom is 0.261 e. The minimum atomic E-state index is -0.137. The van der Waals surface area contributed by atoms with E-state index >= 15 is 0 Å². The van der Waals surface area contributed by atoms with Gasteiger partial charge in [0, 0.05) is 25.5 Å². The van der Waals surface area contributed by atoms with Gasteiger partial charge in [0.15, 0.2) is 0 Å². The Balaban J connectivity index is 1.60. The summed E-state index contributed by atoms with van der Waals surface area (Å²) in [5.74, 6) is 0.754. The van der Waals surface area contributed by atoms with Crippen LogP contribution in [0.2, 0.25) is 0 Å². The van der Waals surface area contributed by atoms with E-state index in [9.17, 15) is 4.79 Å². The average Bonchev–Trinajstić information content (AvgIpc) is 2.91. The van der Waals surface area contributed by atoms with Gasteiger partial charge in [0.05, 0.1) is 20.2 Å². The maximum atomic E-state index is 12.4. The fourth-order valence-corrected chi connectivity index (χ4v) is 2.35. The lowest BCUT2D eigenvalue weighted by Gasteiger charge is -2.38. The van der Waals surface area contributed by atoms with Crippen molar-refractivity contribution in [1.82, 2.24) is 19.7 Å². The number of carbonyl (C=O) groups is 1. The van der Waals surface area contributed by atoms with E-state index in [2.05, 4.69) is 10.1 Å². The molecule has 0 radical (unpaired) electrons. The Kier molecular flexibility index (Phi) is 3.85. The van der Waals surface area contributed by atoms with E-state index < -0.39 is 0 Å². The minimum Gasteiger partial charge on any atom is -0.487 e. The van der Waals surface area contributed by atoms with E-state index in [0.717, 1.165) is 0 Å². The predicted molar refractivity (Wildman–Crippen MR) is 79.0 cm³/mol. The van der Waals surface area contributed by atoms with Crippen LogP contribution in [0.25, 0.3) is 0 Å². The number of ether oxygens (including phenoxy) is 2. The van der Waals surface area contributed by atoms with Crippen LogP contribution in [0, 0.1) is 11.3 Å². The summed E-state index contributed by atoms with van der Waals surface area (Å²) >= 11 is 0. The summed E-state index contributed by atoms with van der Waals surface area (Å²) in [5, 5.41) is 12.9. The van der Waals surface area contributed by atoms with Gasteiger partial charge in [-0.2, -0.15) is 5.26 Å². The van der Waals surface area contributed by atoms with Gasteiger partial charge in [-0.25, -0.2) is 4.98 Å². The number of hydrogen-bond acceptors (Lipinski definition) is 6. The monoisotopic (exact) mass is 313 g/mol. The Morgan fingerprint density at radius 2 is 2.26 bits per heavy atom. The Hall–Kier alpha value is -3.08. The third-order valence-corrected chi connectivity index (χ3v) is 3.50. The molecule has 8 nitrogen and oxygen atoms in total. The van der Waals surface area contributed by atoms with E-state index in [4.69, 9.17) is 14.7 Å². The SMILES string of the molecule is COc1nn(C)cc1C(=O)N1CC(Oc2ccnc(C#N)c2)C1. The van der Waals surface area contributed by atoms with Gasteiger partial charge in [0.2, 0.25) is 5.88 Å². The van der Waals surface area contributed by atoms with Gasteiger partial charge >= 0.3 is 0 Å². The van der Waals surface area contributed by atoms with Crippen LogP contribution < -0.4 is 9.47 Å². The van der Waals surface area contributed by atoms with E-state index in [-0.39, 0.29) is 12.0 Å². The number of rotatable bonds is 4. The molecule has 0 aliphatic carbocycles. The lowest BCUT2D eigenvalue weighted by Crippen LogP contribution is -2.56. The van der Waals surface area contributed by atoms with Crippen molar-refractivity contribution in [1.29, 1.82) is 5.26 Å². The van der Waals surface area contributed by atoms with Gasteiger partial charge in [-0.1, -0.05) is 0 Å². The van der Waals surface area contributed by atoms with Crippen LogP contribution in [-0.4, -0.2) is 51.9 Å². The summed E-state index contributed by atoms with van der Waals surface area (Å²) in [4.78, 5) is 18.0. The average molecular weight is 313 g/mol. The molecule has 3 rings (SSSR count). The first-order chi connectivity index (χ1) is 11.1. The molecule has 23 heavy (non-hydrogen) atoms. The molecule has 1 amide bonds. The molecule has 118 valence electrons. The zero-order valence-electron chi connectivity index (χ0n) is 12.8. The highest BCUT2D eigenvalue weighted by Crippen LogP contribution is 2.23. The highest BCUT2D eigenvalue weighted by molar-refractivity contribution is 5.96. The van der Waals surface area contributed by atoms with Crippen molar-refractivity contribution in [2.75, 3.05) is 20.2 Å². The molecule has 0 saturated carbocycles. The molecule has 0 spiro atoms. The van der Waals surface area contributed by atoms with E-state index in [1.165, 1.54) is 13.3 Å². The van der Waals surface area contributed by atoms with Gasteiger partial charge in [-0.05, 0) is 6.07 Å². The van der Waals surface area contributed by atoms with Crippen molar-refractivity contribution in [2.45, 2.75) is 6.10 Å². The summed E-state index contributed by atoms with van der Waals surface area (Å²) in [6, 6.07) is 5.23. The Morgan fingerprint density at radius 3 is 2.96 bits per heavy atom. The third kappa shape index (κ3) is 2.94. The molecule has 1 saturated heterocycles. The number of aromatic nitrogens is 3. The van der Waals surface area contributed by atoms with Crippen LogP contribution in [0.4, 0.5) is 0 Å². The van der Waals surface area contributed by atoms with Crippen LogP contribution in [0.15, 0.2) is 24.5 Å². The van der Waals surface area contributed by atoms with Crippen LogP contribution >= 0.6 is 0 Å². The van der Waals surface area contributed by atoms with Crippen LogP contribution in [0.5, 0.6) is 11.6 Å². The molecule has 1 aliphatic rings. The fraction of sp³-hybridized carbons (Fsp3) is 0.333. The van der Waals surface area contributed by atoms with E-state index in [0.29, 0.717) is 36.0 Å². The zero-order chi connectivity index (χ0) is 16.4. The molecular weight excluding hydrogens is 298 g/mol. The first-order valence-corrected chi connectivity index (χ1v) is 7.00. The van der Waals surface area contributed by atoms with E-state index in [1.807, 2.05) is 6.07 Å². The fourth-order valence-electron chi connectivity index (χ4n) is 2.35. The number of likely N-dealkylation sites (tertiary alicyclic amines) is 1. The van der Waals surface area contributed by atoms with Crippen molar-refractivity contribution in [3.63, 3.8) is 0 Å². The number of nitrogens with zero attached hydrogens (tertiary/aromatic N) is 5. The van der Waals surface area contributed by atoms with Gasteiger partial charge < -0.3 is 14.4 Å². The molecule has 0 atom stereocenters. The second-order valence-electron chi connectivity index (χ2n) is 5.16. The molecule has 2 aromatic heterocycles. The lowest BCUT2D eigenvalue weighted by atomic mass is 10.1. The van der Waals surface area contributed by atoms with Gasteiger partial charge in [-0.15, -0.1) is 5.10 Å². The summed E-state index contributed by atoms with van der Waals surface area (Å²) in [7, 11) is 3.22. The number of hydrogen-bond donors (Lipinski definition) is 0. The minimum absolute atomic E-state index is 0.101. The quantitative estimate of drug-likeness (QED) is 0.820. The molecule has 0 unspecified atom stereocenters. The summed E-state index contributed by atoms with van der Waals surface area (Å²) in [6.07, 6.45) is 3.06. The largest absolute Gasteiger partial charge is 0.487 e. The Morgan fingerprint density at radius 1 is 1.48 bits per heavy atom. The van der Waals surface area contributed by atoms with Crippen molar-refractivity contribution < 1.29 is 14.3 Å². The first-order valence-electron chi connectivity index (χ1n) is 7.00. The number of pyridine rings is 1. The molecule has 1 aliphatic heterocycles. The zero-order valence-corrected chi connectivity index (χ0v) is 12.8. The number of aryl methyl sites for hydroxylation is 1. The van der Waals surface area contributed by atoms with E-state index in [1.54, 1.807) is 35.0 Å². The number of carbonyl (C=O) groups excluding carboxylic acids is 1. The van der Waals surface area contributed by atoms with Crippen LogP contribution in [-0.2, 0) is 7.05 Å². The smallest absolute Gasteiger partial charge is 0.261 e. The lowest BCUT2D eigenvalue weighted by molar-refractivity contribution is 0.0175. The number of nitriles is 1. The second-order valence-corrected chi connectivity index (χ2v) is 5.16. The van der Waals surface area contributed by atoms with Crippen molar-refractivity contribution >= 4 is 5.91 Å². The molecule has 0 bridgehead atoms. The van der Waals surface area contributed by atoms with Crippen LogP contribution in [0.1, 0.15) is 16.1 Å². The number of amides is 1. The highest BCUT2D eigenvalue weighted by atomic mass is 16.5. The standard InChI is InChI=1S/C15H15N5O3/c1-19-9-13(14(18-19)22-2)15(21)20-7-12(8-20)23-11-3-4-17-10(5-11)6-16/h3-5,9,12H,7-8H2,1-2H3. The Bertz CT molecular complexity index is 774.